The molecule has 0 bridgehead atoms. The molecule has 0 aliphatic carbocycles. The molecule has 0 aliphatic rings. The number of carbonyl (C=O) groups excluding carboxylic acids is 2. The molecule has 36 heavy (non-hydrogen) atoms. The number of ether oxygens (including phenoxy) is 4. The number of unbranched alkanes of at least 4 members (excludes halogenated alkanes) is 1. The molecule has 8 nitrogen and oxygen atoms in total. The van der Waals surface area contributed by atoms with Crippen molar-refractivity contribution in [3.05, 3.63) is 82.9 Å². The van der Waals surface area contributed by atoms with E-state index in [1.165, 1.54) is 13.3 Å². The predicted molar refractivity (Wildman–Crippen MR) is 137 cm³/mol. The zero-order valence-electron chi connectivity index (χ0n) is 20.0. The third kappa shape index (κ3) is 8.02. The van der Waals surface area contributed by atoms with Crippen LogP contribution in [0.5, 0.6) is 23.0 Å². The highest BCUT2D eigenvalue weighted by atomic mass is 35.5. The number of benzene rings is 3. The molecule has 0 aromatic heterocycles. The van der Waals surface area contributed by atoms with Crippen molar-refractivity contribution in [3.63, 3.8) is 0 Å². The van der Waals surface area contributed by atoms with Crippen LogP contribution in [-0.2, 0) is 4.79 Å². The molecule has 1 N–H and O–H groups in total. The first kappa shape index (κ1) is 26.6. The van der Waals surface area contributed by atoms with E-state index in [4.69, 9.17) is 30.5 Å². The van der Waals surface area contributed by atoms with E-state index in [0.717, 1.165) is 12.8 Å². The minimum absolute atomic E-state index is 0.245. The van der Waals surface area contributed by atoms with Crippen molar-refractivity contribution in [2.24, 2.45) is 5.10 Å². The summed E-state index contributed by atoms with van der Waals surface area (Å²) >= 11 is 5.99. The number of esters is 1. The lowest BCUT2D eigenvalue weighted by molar-refractivity contribution is -0.123. The quantitative estimate of drug-likeness (QED) is 0.117. The lowest BCUT2D eigenvalue weighted by atomic mass is 10.2. The van der Waals surface area contributed by atoms with Gasteiger partial charge in [0.05, 0.1) is 30.5 Å². The fourth-order valence-corrected chi connectivity index (χ4v) is 3.14. The van der Waals surface area contributed by atoms with Crippen molar-refractivity contribution >= 4 is 29.7 Å². The minimum atomic E-state index is -0.527. The molecule has 0 atom stereocenters. The molecule has 3 rings (SSSR count). The zero-order valence-corrected chi connectivity index (χ0v) is 20.8. The van der Waals surface area contributed by atoms with Crippen LogP contribution < -0.4 is 24.4 Å². The second-order valence-corrected chi connectivity index (χ2v) is 7.95. The summed E-state index contributed by atoms with van der Waals surface area (Å²) < 4.78 is 21.8. The van der Waals surface area contributed by atoms with Gasteiger partial charge in [0.2, 0.25) is 0 Å². The van der Waals surface area contributed by atoms with Crippen molar-refractivity contribution in [2.75, 3.05) is 20.3 Å². The van der Waals surface area contributed by atoms with Gasteiger partial charge in [-0.3, -0.25) is 4.79 Å². The lowest BCUT2D eigenvalue weighted by Gasteiger charge is -2.10. The molecule has 3 aromatic rings. The van der Waals surface area contributed by atoms with Gasteiger partial charge in [-0.2, -0.15) is 5.10 Å². The topological polar surface area (TPSA) is 95.5 Å². The fraction of sp³-hybridized carbons (Fsp3) is 0.222. The standard InChI is InChI=1S/C27H27ClN2O6/c1-3-4-15-34-21-12-10-20(11-13-21)27(32)36-24-14-9-19(16-25(24)33-2)17-29-30-26(31)18-35-23-8-6-5-7-22(23)28/h5-14,16-17H,3-4,15,18H2,1-2H3,(H,30,31)/b29-17-. The number of rotatable bonds is 12. The Labute approximate surface area is 214 Å². The van der Waals surface area contributed by atoms with Crippen LogP contribution in [0, 0.1) is 0 Å². The van der Waals surface area contributed by atoms with E-state index >= 15 is 0 Å². The van der Waals surface area contributed by atoms with Crippen LogP contribution in [0.3, 0.4) is 0 Å². The number of carbonyl (C=O) groups is 2. The third-order valence-electron chi connectivity index (χ3n) is 4.85. The van der Waals surface area contributed by atoms with Crippen LogP contribution in [0.1, 0.15) is 35.7 Å². The number of amides is 1. The Balaban J connectivity index is 1.54. The normalized spacial score (nSPS) is 10.6. The maximum absolute atomic E-state index is 12.6. The summed E-state index contributed by atoms with van der Waals surface area (Å²) in [5.41, 5.74) is 3.37. The number of nitrogens with one attached hydrogen (secondary N) is 1. The summed E-state index contributed by atoms with van der Waals surface area (Å²) in [5, 5.41) is 4.32. The van der Waals surface area contributed by atoms with Crippen LogP contribution in [0.4, 0.5) is 0 Å². The van der Waals surface area contributed by atoms with E-state index in [0.29, 0.717) is 40.0 Å². The summed E-state index contributed by atoms with van der Waals surface area (Å²) in [5.74, 6) is 0.708. The zero-order chi connectivity index (χ0) is 25.8. The van der Waals surface area contributed by atoms with Gasteiger partial charge in [0.25, 0.3) is 5.91 Å². The molecule has 0 fully saturated rings. The van der Waals surface area contributed by atoms with Crippen LogP contribution in [-0.4, -0.2) is 38.4 Å². The Hall–Kier alpha value is -4.04. The molecule has 0 aliphatic heterocycles. The molecular weight excluding hydrogens is 484 g/mol. The average Bonchev–Trinajstić information content (AvgIpc) is 2.89. The number of hydrazone groups is 1. The van der Waals surface area contributed by atoms with Gasteiger partial charge < -0.3 is 18.9 Å². The Bertz CT molecular complexity index is 1200. The maximum atomic E-state index is 12.6. The van der Waals surface area contributed by atoms with Crippen LogP contribution in [0.2, 0.25) is 5.02 Å². The van der Waals surface area contributed by atoms with Crippen LogP contribution in [0.15, 0.2) is 71.8 Å². The van der Waals surface area contributed by atoms with E-state index < -0.39 is 11.9 Å². The molecule has 0 heterocycles. The number of nitrogens with zero attached hydrogens (tertiary/aromatic N) is 1. The highest BCUT2D eigenvalue weighted by Crippen LogP contribution is 2.28. The van der Waals surface area contributed by atoms with E-state index in [2.05, 4.69) is 17.5 Å². The fourth-order valence-electron chi connectivity index (χ4n) is 2.95. The largest absolute Gasteiger partial charge is 0.494 e. The molecule has 0 radical (unpaired) electrons. The molecule has 9 heteroatoms. The van der Waals surface area contributed by atoms with E-state index in [-0.39, 0.29) is 12.4 Å². The lowest BCUT2D eigenvalue weighted by Crippen LogP contribution is -2.24. The maximum Gasteiger partial charge on any atom is 0.343 e. The van der Waals surface area contributed by atoms with E-state index in [1.807, 2.05) is 0 Å². The van der Waals surface area contributed by atoms with Crippen molar-refractivity contribution in [1.29, 1.82) is 0 Å². The molecule has 0 saturated carbocycles. The minimum Gasteiger partial charge on any atom is -0.494 e. The molecule has 3 aromatic carbocycles. The molecule has 0 saturated heterocycles. The number of methoxy groups -OCH3 is 1. The second-order valence-electron chi connectivity index (χ2n) is 7.54. The van der Waals surface area contributed by atoms with Crippen molar-refractivity contribution in [1.82, 2.24) is 5.43 Å². The van der Waals surface area contributed by atoms with Gasteiger partial charge in [0, 0.05) is 0 Å². The number of para-hydroxylation sites is 1. The number of hydrogen-bond donors (Lipinski definition) is 1. The third-order valence-corrected chi connectivity index (χ3v) is 5.16. The summed E-state index contributed by atoms with van der Waals surface area (Å²) in [7, 11) is 1.46. The highest BCUT2D eigenvalue weighted by Gasteiger charge is 2.13. The molecule has 0 unspecified atom stereocenters. The molecule has 0 spiro atoms. The van der Waals surface area contributed by atoms with Gasteiger partial charge in [-0.05, 0) is 66.6 Å². The first-order valence-corrected chi connectivity index (χ1v) is 11.7. The molecule has 1 amide bonds. The Morgan fingerprint density at radius 2 is 1.75 bits per heavy atom. The SMILES string of the molecule is CCCCOc1ccc(C(=O)Oc2ccc(/C=N\NC(=O)COc3ccccc3Cl)cc2OC)cc1. The van der Waals surface area contributed by atoms with Crippen molar-refractivity contribution < 1.29 is 28.5 Å². The number of hydrogen-bond acceptors (Lipinski definition) is 7. The van der Waals surface area contributed by atoms with Gasteiger partial charge in [-0.15, -0.1) is 0 Å². The summed E-state index contributed by atoms with van der Waals surface area (Å²) in [4.78, 5) is 24.5. The van der Waals surface area contributed by atoms with Gasteiger partial charge in [0.15, 0.2) is 18.1 Å². The average molecular weight is 511 g/mol. The van der Waals surface area contributed by atoms with Gasteiger partial charge >= 0.3 is 5.97 Å². The van der Waals surface area contributed by atoms with E-state index in [9.17, 15) is 9.59 Å². The first-order chi connectivity index (χ1) is 17.5. The van der Waals surface area contributed by atoms with Crippen molar-refractivity contribution in [2.45, 2.75) is 19.8 Å². The number of halogens is 1. The Morgan fingerprint density at radius 1 is 0.972 bits per heavy atom. The monoisotopic (exact) mass is 510 g/mol. The van der Waals surface area contributed by atoms with Gasteiger partial charge in [-0.1, -0.05) is 37.1 Å². The molecular formula is C27H27ClN2O6. The highest BCUT2D eigenvalue weighted by molar-refractivity contribution is 6.32. The summed E-state index contributed by atoms with van der Waals surface area (Å²) in [6.45, 7) is 2.48. The van der Waals surface area contributed by atoms with Gasteiger partial charge in [0.1, 0.15) is 11.5 Å². The smallest absolute Gasteiger partial charge is 0.343 e. The van der Waals surface area contributed by atoms with Gasteiger partial charge in [-0.25, -0.2) is 10.2 Å². The van der Waals surface area contributed by atoms with E-state index in [1.54, 1.807) is 66.7 Å². The molecule has 188 valence electrons. The Kier molecular flexibility index (Phi) is 10.1. The Morgan fingerprint density at radius 3 is 2.47 bits per heavy atom. The van der Waals surface area contributed by atoms with Crippen LogP contribution in [0.25, 0.3) is 0 Å². The second kappa shape index (κ2) is 13.7. The first-order valence-electron chi connectivity index (χ1n) is 11.3. The van der Waals surface area contributed by atoms with Crippen LogP contribution >= 0.6 is 11.6 Å². The predicted octanol–water partition coefficient (Wildman–Crippen LogP) is 5.28. The van der Waals surface area contributed by atoms with Crippen molar-refractivity contribution in [3.8, 4) is 23.0 Å². The summed E-state index contributed by atoms with van der Waals surface area (Å²) in [6.07, 6.45) is 3.44. The summed E-state index contributed by atoms with van der Waals surface area (Å²) in [6, 6.07) is 18.5.